The third kappa shape index (κ3) is 3.41. The number of halogens is 1. The van der Waals surface area contributed by atoms with E-state index in [1.807, 2.05) is 0 Å². The Kier molecular flexibility index (Phi) is 4.82. The van der Waals surface area contributed by atoms with Crippen LogP contribution in [0.1, 0.15) is 10.4 Å². The first-order valence-electron chi connectivity index (χ1n) is 5.27. The third-order valence-corrected chi connectivity index (χ3v) is 2.81. The molecular formula is C11H12ClN3O4. The topological polar surface area (TPSA) is 92.6 Å². The van der Waals surface area contributed by atoms with Gasteiger partial charge in [-0.15, -0.1) is 0 Å². The highest BCUT2D eigenvalue weighted by atomic mass is 35.5. The van der Waals surface area contributed by atoms with E-state index in [0.29, 0.717) is 0 Å². The number of nitro groups is 1. The van der Waals surface area contributed by atoms with E-state index in [1.54, 1.807) is 0 Å². The van der Waals surface area contributed by atoms with Crippen LogP contribution in [0, 0.1) is 10.1 Å². The summed E-state index contributed by atoms with van der Waals surface area (Å²) in [6.45, 7) is -0.158. The van der Waals surface area contributed by atoms with Gasteiger partial charge in [0.1, 0.15) is 5.02 Å². The summed E-state index contributed by atoms with van der Waals surface area (Å²) in [6, 6.07) is 3.95. The van der Waals surface area contributed by atoms with Crippen molar-refractivity contribution in [3.8, 4) is 0 Å². The number of hydrogen-bond acceptors (Lipinski definition) is 4. The van der Waals surface area contributed by atoms with Gasteiger partial charge in [-0.1, -0.05) is 17.7 Å². The van der Waals surface area contributed by atoms with Gasteiger partial charge in [-0.2, -0.15) is 0 Å². The zero-order valence-corrected chi connectivity index (χ0v) is 11.1. The van der Waals surface area contributed by atoms with Crippen molar-refractivity contribution < 1.29 is 14.5 Å². The maximum absolute atomic E-state index is 12.0. The van der Waals surface area contributed by atoms with Crippen LogP contribution in [-0.2, 0) is 4.79 Å². The number of hydrogen-bond donors (Lipinski definition) is 1. The number of rotatable bonds is 4. The molecule has 0 saturated heterocycles. The summed E-state index contributed by atoms with van der Waals surface area (Å²) < 4.78 is 0. The molecule has 0 atom stereocenters. The van der Waals surface area contributed by atoms with E-state index < -0.39 is 10.8 Å². The van der Waals surface area contributed by atoms with E-state index >= 15 is 0 Å². The Balaban J connectivity index is 3.03. The smallest absolute Gasteiger partial charge is 0.288 e. The highest BCUT2D eigenvalue weighted by Gasteiger charge is 2.22. The molecule has 19 heavy (non-hydrogen) atoms. The van der Waals surface area contributed by atoms with Crippen LogP contribution in [0.5, 0.6) is 0 Å². The molecule has 0 aliphatic rings. The SMILES string of the molecule is CNC(=O)CN(C)C(=O)c1cccc([N+](=O)[O-])c1Cl. The lowest BCUT2D eigenvalue weighted by molar-refractivity contribution is -0.384. The van der Waals surface area contributed by atoms with E-state index in [9.17, 15) is 19.7 Å². The second-order valence-electron chi connectivity index (χ2n) is 3.73. The minimum absolute atomic E-state index is 0.0118. The van der Waals surface area contributed by atoms with Crippen LogP contribution >= 0.6 is 11.6 Å². The Morgan fingerprint density at radius 3 is 2.63 bits per heavy atom. The van der Waals surface area contributed by atoms with Crippen LogP contribution in [0.25, 0.3) is 0 Å². The van der Waals surface area contributed by atoms with Crippen LogP contribution in [0.15, 0.2) is 18.2 Å². The molecule has 0 heterocycles. The normalized spacial score (nSPS) is 9.84. The summed E-state index contributed by atoms with van der Waals surface area (Å²) in [4.78, 5) is 34.4. The number of amides is 2. The van der Waals surface area contributed by atoms with Gasteiger partial charge < -0.3 is 10.2 Å². The van der Waals surface area contributed by atoms with E-state index in [4.69, 9.17) is 11.6 Å². The molecule has 0 radical (unpaired) electrons. The summed E-state index contributed by atoms with van der Waals surface area (Å²) >= 11 is 5.82. The average molecular weight is 286 g/mol. The number of likely N-dealkylation sites (N-methyl/N-ethyl adjacent to an activating group) is 2. The average Bonchev–Trinajstić information content (AvgIpc) is 2.37. The monoisotopic (exact) mass is 285 g/mol. The first-order valence-corrected chi connectivity index (χ1v) is 5.65. The van der Waals surface area contributed by atoms with E-state index in [1.165, 1.54) is 32.3 Å². The van der Waals surface area contributed by atoms with Crippen LogP contribution in [0.2, 0.25) is 5.02 Å². The fraction of sp³-hybridized carbons (Fsp3) is 0.273. The number of carbonyl (C=O) groups is 2. The van der Waals surface area contributed by atoms with Crippen molar-refractivity contribution in [3.05, 3.63) is 38.9 Å². The Morgan fingerprint density at radius 1 is 1.47 bits per heavy atom. The first kappa shape index (κ1) is 14.9. The van der Waals surface area contributed by atoms with Gasteiger partial charge in [0.25, 0.3) is 11.6 Å². The van der Waals surface area contributed by atoms with E-state index in [2.05, 4.69) is 5.32 Å². The molecule has 0 bridgehead atoms. The molecule has 7 nitrogen and oxygen atoms in total. The molecule has 102 valence electrons. The van der Waals surface area contributed by atoms with Crippen molar-refractivity contribution in [3.63, 3.8) is 0 Å². The molecule has 0 saturated carbocycles. The highest BCUT2D eigenvalue weighted by Crippen LogP contribution is 2.28. The maximum atomic E-state index is 12.0. The van der Waals surface area contributed by atoms with Crippen LogP contribution in [0.3, 0.4) is 0 Å². The number of carbonyl (C=O) groups excluding carboxylic acids is 2. The van der Waals surface area contributed by atoms with Gasteiger partial charge in [0.05, 0.1) is 17.0 Å². The second-order valence-corrected chi connectivity index (χ2v) is 4.11. The van der Waals surface area contributed by atoms with Crippen molar-refractivity contribution >= 4 is 29.1 Å². The molecule has 0 unspecified atom stereocenters. The van der Waals surface area contributed by atoms with Crippen molar-refractivity contribution in [1.29, 1.82) is 0 Å². The number of nitrogens with zero attached hydrogens (tertiary/aromatic N) is 2. The van der Waals surface area contributed by atoms with Gasteiger partial charge in [-0.05, 0) is 6.07 Å². The van der Waals surface area contributed by atoms with Crippen molar-refractivity contribution in [1.82, 2.24) is 10.2 Å². The minimum atomic E-state index is -0.669. The van der Waals surface area contributed by atoms with E-state index in [0.717, 1.165) is 4.90 Å². The lowest BCUT2D eigenvalue weighted by Gasteiger charge is -2.16. The number of benzene rings is 1. The lowest BCUT2D eigenvalue weighted by Crippen LogP contribution is -2.37. The molecule has 0 aliphatic heterocycles. The highest BCUT2D eigenvalue weighted by molar-refractivity contribution is 6.35. The molecule has 1 N–H and O–H groups in total. The van der Waals surface area contributed by atoms with Gasteiger partial charge in [0.2, 0.25) is 5.91 Å². The summed E-state index contributed by atoms with van der Waals surface area (Å²) in [5, 5.41) is 12.9. The summed E-state index contributed by atoms with van der Waals surface area (Å²) in [5.74, 6) is -0.908. The molecular weight excluding hydrogens is 274 g/mol. The third-order valence-electron chi connectivity index (χ3n) is 2.41. The molecule has 1 aromatic rings. The zero-order chi connectivity index (χ0) is 14.6. The van der Waals surface area contributed by atoms with Crippen molar-refractivity contribution in [2.75, 3.05) is 20.6 Å². The Bertz CT molecular complexity index is 533. The quantitative estimate of drug-likeness (QED) is 0.661. The summed E-state index contributed by atoms with van der Waals surface area (Å²) in [5.41, 5.74) is -0.358. The minimum Gasteiger partial charge on any atom is -0.358 e. The van der Waals surface area contributed by atoms with E-state index in [-0.39, 0.29) is 28.7 Å². The van der Waals surface area contributed by atoms with Gasteiger partial charge in [-0.25, -0.2) is 0 Å². The summed E-state index contributed by atoms with van der Waals surface area (Å²) in [7, 11) is 2.85. The molecule has 0 aromatic heterocycles. The van der Waals surface area contributed by atoms with Crippen molar-refractivity contribution in [2.24, 2.45) is 0 Å². The fourth-order valence-corrected chi connectivity index (χ4v) is 1.67. The zero-order valence-electron chi connectivity index (χ0n) is 10.3. The Morgan fingerprint density at radius 2 is 2.11 bits per heavy atom. The van der Waals surface area contributed by atoms with Gasteiger partial charge >= 0.3 is 0 Å². The van der Waals surface area contributed by atoms with Gasteiger partial charge in [-0.3, -0.25) is 19.7 Å². The van der Waals surface area contributed by atoms with Crippen molar-refractivity contribution in [2.45, 2.75) is 0 Å². The first-order chi connectivity index (χ1) is 8.88. The van der Waals surface area contributed by atoms with Crippen LogP contribution in [0.4, 0.5) is 5.69 Å². The Labute approximate surface area is 114 Å². The predicted octanol–water partition coefficient (Wildman–Crippen LogP) is 1.07. The molecule has 1 aromatic carbocycles. The molecule has 2 amide bonds. The molecule has 0 spiro atoms. The second kappa shape index (κ2) is 6.14. The molecule has 0 aliphatic carbocycles. The van der Waals surface area contributed by atoms with Crippen LogP contribution in [-0.4, -0.2) is 42.3 Å². The van der Waals surface area contributed by atoms with Crippen LogP contribution < -0.4 is 5.32 Å². The largest absolute Gasteiger partial charge is 0.358 e. The lowest BCUT2D eigenvalue weighted by atomic mass is 10.1. The molecule has 1 rings (SSSR count). The Hall–Kier alpha value is -2.15. The molecule has 8 heteroatoms. The summed E-state index contributed by atoms with van der Waals surface area (Å²) in [6.07, 6.45) is 0. The van der Waals surface area contributed by atoms with Gasteiger partial charge in [0, 0.05) is 20.2 Å². The predicted molar refractivity (Wildman–Crippen MR) is 69.1 cm³/mol. The molecule has 0 fully saturated rings. The number of nitro benzene ring substituents is 1. The number of nitrogens with one attached hydrogen (secondary N) is 1. The fourth-order valence-electron chi connectivity index (χ4n) is 1.40. The van der Waals surface area contributed by atoms with Gasteiger partial charge in [0.15, 0.2) is 0 Å². The maximum Gasteiger partial charge on any atom is 0.288 e. The standard InChI is InChI=1S/C11H12ClN3O4/c1-13-9(16)6-14(2)11(17)7-4-3-5-8(10(7)12)15(18)19/h3-5H,6H2,1-2H3,(H,13,16).